The maximum absolute atomic E-state index is 12.3. The van der Waals surface area contributed by atoms with Gasteiger partial charge in [-0.05, 0) is 26.8 Å². The number of aliphatic carboxylic acids is 1. The van der Waals surface area contributed by atoms with Gasteiger partial charge >= 0.3 is 5.97 Å². The SMILES string of the molecule is COCC(NC(=O)c1cc2cnn(C(C)C)c2nc1C)C(=O)O. The van der Waals surface area contributed by atoms with Crippen LogP contribution in [0.5, 0.6) is 0 Å². The molecule has 1 amide bonds. The second-order valence-corrected chi connectivity index (χ2v) is 5.54. The lowest BCUT2D eigenvalue weighted by molar-refractivity contribution is -0.140. The highest BCUT2D eigenvalue weighted by Gasteiger charge is 2.22. The fourth-order valence-electron chi connectivity index (χ4n) is 2.25. The lowest BCUT2D eigenvalue weighted by Crippen LogP contribution is -2.44. The van der Waals surface area contributed by atoms with Crippen molar-refractivity contribution in [3.63, 3.8) is 0 Å². The molecule has 0 aromatic carbocycles. The number of aromatic nitrogens is 3. The average molecular weight is 320 g/mol. The van der Waals surface area contributed by atoms with Crippen LogP contribution in [0.4, 0.5) is 0 Å². The van der Waals surface area contributed by atoms with Gasteiger partial charge in [-0.1, -0.05) is 0 Å². The first-order valence-corrected chi connectivity index (χ1v) is 7.22. The molecule has 0 aliphatic heterocycles. The Morgan fingerprint density at radius 1 is 1.43 bits per heavy atom. The van der Waals surface area contributed by atoms with Crippen molar-refractivity contribution < 1.29 is 19.4 Å². The normalized spacial score (nSPS) is 12.6. The van der Waals surface area contributed by atoms with Gasteiger partial charge in [0.05, 0.1) is 24.1 Å². The number of hydrogen-bond acceptors (Lipinski definition) is 5. The third kappa shape index (κ3) is 3.48. The first-order valence-electron chi connectivity index (χ1n) is 7.22. The van der Waals surface area contributed by atoms with Crippen molar-refractivity contribution in [3.8, 4) is 0 Å². The number of methoxy groups -OCH3 is 1. The van der Waals surface area contributed by atoms with Gasteiger partial charge in [0.2, 0.25) is 0 Å². The van der Waals surface area contributed by atoms with Crippen molar-refractivity contribution in [3.05, 3.63) is 23.5 Å². The molecule has 0 bridgehead atoms. The third-order valence-corrected chi connectivity index (χ3v) is 3.43. The molecule has 0 fully saturated rings. The molecule has 124 valence electrons. The highest BCUT2D eigenvalue weighted by Crippen LogP contribution is 2.19. The van der Waals surface area contributed by atoms with Crippen LogP contribution in [-0.4, -0.2) is 51.5 Å². The predicted octanol–water partition coefficient (Wildman–Crippen LogP) is 1.15. The summed E-state index contributed by atoms with van der Waals surface area (Å²) in [5, 5.41) is 16.5. The maximum atomic E-state index is 12.3. The van der Waals surface area contributed by atoms with Gasteiger partial charge in [-0.2, -0.15) is 5.10 Å². The Bertz CT molecular complexity index is 738. The zero-order valence-corrected chi connectivity index (χ0v) is 13.5. The summed E-state index contributed by atoms with van der Waals surface area (Å²) in [5.74, 6) is -1.65. The average Bonchev–Trinajstić information content (AvgIpc) is 2.88. The molecule has 0 saturated carbocycles. The summed E-state index contributed by atoms with van der Waals surface area (Å²) < 4.78 is 6.58. The largest absolute Gasteiger partial charge is 0.480 e. The Morgan fingerprint density at radius 3 is 2.70 bits per heavy atom. The molecule has 0 spiro atoms. The Labute approximate surface area is 133 Å². The zero-order chi connectivity index (χ0) is 17.1. The van der Waals surface area contributed by atoms with E-state index in [-0.39, 0.29) is 12.6 Å². The molecule has 1 unspecified atom stereocenters. The van der Waals surface area contributed by atoms with E-state index in [0.717, 1.165) is 5.39 Å². The van der Waals surface area contributed by atoms with Crippen LogP contribution < -0.4 is 5.32 Å². The molecule has 1 atom stereocenters. The second-order valence-electron chi connectivity index (χ2n) is 5.54. The Hall–Kier alpha value is -2.48. The second kappa shape index (κ2) is 6.74. The number of fused-ring (bicyclic) bond motifs is 1. The van der Waals surface area contributed by atoms with Crippen LogP contribution in [0.1, 0.15) is 35.9 Å². The number of rotatable bonds is 6. The molecule has 0 aliphatic carbocycles. The van der Waals surface area contributed by atoms with Crippen LogP contribution in [0.2, 0.25) is 0 Å². The highest BCUT2D eigenvalue weighted by molar-refractivity contribution is 5.99. The molecule has 0 saturated heterocycles. The monoisotopic (exact) mass is 320 g/mol. The topological polar surface area (TPSA) is 106 Å². The van der Waals surface area contributed by atoms with Crippen molar-refractivity contribution in [1.82, 2.24) is 20.1 Å². The molecule has 8 nitrogen and oxygen atoms in total. The van der Waals surface area contributed by atoms with Crippen LogP contribution >= 0.6 is 0 Å². The van der Waals surface area contributed by atoms with Crippen LogP contribution in [0.25, 0.3) is 11.0 Å². The van der Waals surface area contributed by atoms with Crippen molar-refractivity contribution >= 4 is 22.9 Å². The molecular formula is C15H20N4O4. The van der Waals surface area contributed by atoms with Crippen LogP contribution in [-0.2, 0) is 9.53 Å². The van der Waals surface area contributed by atoms with Gasteiger partial charge in [0.1, 0.15) is 0 Å². The van der Waals surface area contributed by atoms with E-state index in [1.807, 2.05) is 13.8 Å². The summed E-state index contributed by atoms with van der Waals surface area (Å²) in [6.45, 7) is 5.58. The number of carbonyl (C=O) groups excluding carboxylic acids is 1. The lowest BCUT2D eigenvalue weighted by Gasteiger charge is -2.14. The van der Waals surface area contributed by atoms with Crippen molar-refractivity contribution in [2.45, 2.75) is 32.9 Å². The molecule has 2 aromatic heterocycles. The van der Waals surface area contributed by atoms with Crippen LogP contribution in [0.3, 0.4) is 0 Å². The highest BCUT2D eigenvalue weighted by atomic mass is 16.5. The molecule has 0 aliphatic rings. The number of nitrogens with one attached hydrogen (secondary N) is 1. The minimum absolute atomic E-state index is 0.110. The molecule has 2 rings (SSSR count). The molecule has 8 heteroatoms. The fourth-order valence-corrected chi connectivity index (χ4v) is 2.25. The Kier molecular flexibility index (Phi) is 4.95. The number of nitrogens with zero attached hydrogens (tertiary/aromatic N) is 3. The number of ether oxygens (including phenoxy) is 1. The molecule has 2 heterocycles. The van der Waals surface area contributed by atoms with E-state index < -0.39 is 17.9 Å². The van der Waals surface area contributed by atoms with E-state index in [1.54, 1.807) is 23.9 Å². The Balaban J connectivity index is 2.34. The summed E-state index contributed by atoms with van der Waals surface area (Å²) in [6.07, 6.45) is 1.64. The van der Waals surface area contributed by atoms with E-state index in [4.69, 9.17) is 9.84 Å². The summed E-state index contributed by atoms with van der Waals surface area (Å²) in [6, 6.07) is 0.711. The van der Waals surface area contributed by atoms with Crippen molar-refractivity contribution in [1.29, 1.82) is 0 Å². The van der Waals surface area contributed by atoms with E-state index in [0.29, 0.717) is 16.9 Å². The number of aryl methyl sites for hydroxylation is 1. The van der Waals surface area contributed by atoms with Gasteiger partial charge in [-0.15, -0.1) is 0 Å². The molecule has 23 heavy (non-hydrogen) atoms. The van der Waals surface area contributed by atoms with E-state index in [2.05, 4.69) is 15.4 Å². The van der Waals surface area contributed by atoms with E-state index >= 15 is 0 Å². The minimum atomic E-state index is -1.15. The van der Waals surface area contributed by atoms with Crippen LogP contribution in [0.15, 0.2) is 12.3 Å². The van der Waals surface area contributed by atoms with Crippen LogP contribution in [0, 0.1) is 6.92 Å². The number of pyridine rings is 1. The summed E-state index contributed by atoms with van der Waals surface area (Å²) >= 11 is 0. The van der Waals surface area contributed by atoms with Crippen molar-refractivity contribution in [2.75, 3.05) is 13.7 Å². The first kappa shape index (κ1) is 16.9. The molecule has 2 aromatic rings. The number of carbonyl (C=O) groups is 2. The Morgan fingerprint density at radius 2 is 2.13 bits per heavy atom. The van der Waals surface area contributed by atoms with Gasteiger partial charge in [0, 0.05) is 18.5 Å². The zero-order valence-electron chi connectivity index (χ0n) is 13.5. The minimum Gasteiger partial charge on any atom is -0.480 e. The van der Waals surface area contributed by atoms with Gasteiger partial charge < -0.3 is 15.2 Å². The molecule has 0 radical (unpaired) electrons. The van der Waals surface area contributed by atoms with E-state index in [1.165, 1.54) is 7.11 Å². The van der Waals surface area contributed by atoms with Gasteiger partial charge in [0.15, 0.2) is 11.7 Å². The maximum Gasteiger partial charge on any atom is 0.328 e. The summed E-state index contributed by atoms with van der Waals surface area (Å²) in [7, 11) is 1.38. The quantitative estimate of drug-likeness (QED) is 0.827. The fraction of sp³-hybridized carbons (Fsp3) is 0.467. The lowest BCUT2D eigenvalue weighted by atomic mass is 10.1. The van der Waals surface area contributed by atoms with E-state index in [9.17, 15) is 9.59 Å². The number of hydrogen-bond donors (Lipinski definition) is 2. The smallest absolute Gasteiger partial charge is 0.328 e. The number of amides is 1. The number of carboxylic acid groups (broad SMARTS) is 1. The predicted molar refractivity (Wildman–Crippen MR) is 83.4 cm³/mol. The van der Waals surface area contributed by atoms with Gasteiger partial charge in [0.25, 0.3) is 5.91 Å². The standard InChI is InChI=1S/C15H20N4O4/c1-8(2)19-13-10(6-16-19)5-11(9(3)17-13)14(20)18-12(7-23-4)15(21)22/h5-6,8,12H,7H2,1-4H3,(H,18,20)(H,21,22). The number of carboxylic acids is 1. The van der Waals surface area contributed by atoms with Gasteiger partial charge in [-0.3, -0.25) is 4.79 Å². The van der Waals surface area contributed by atoms with Gasteiger partial charge in [-0.25, -0.2) is 14.5 Å². The molecule has 2 N–H and O–H groups in total. The van der Waals surface area contributed by atoms with Crippen molar-refractivity contribution in [2.24, 2.45) is 0 Å². The summed E-state index contributed by atoms with van der Waals surface area (Å²) in [4.78, 5) is 27.9. The summed E-state index contributed by atoms with van der Waals surface area (Å²) in [5.41, 5.74) is 1.53. The molecular weight excluding hydrogens is 300 g/mol. The third-order valence-electron chi connectivity index (χ3n) is 3.43. The first-order chi connectivity index (χ1) is 10.8.